The monoisotopic (exact) mass is 414 g/mol. The van der Waals surface area contributed by atoms with Crippen LogP contribution >= 0.6 is 0 Å². The van der Waals surface area contributed by atoms with E-state index in [1.807, 2.05) is 4.90 Å². The zero-order chi connectivity index (χ0) is 20.5. The predicted octanol–water partition coefficient (Wildman–Crippen LogP) is 2.41. The van der Waals surface area contributed by atoms with Crippen LogP contribution in [0.4, 0.5) is 0 Å². The van der Waals surface area contributed by atoms with E-state index in [9.17, 15) is 9.59 Å². The van der Waals surface area contributed by atoms with Gasteiger partial charge in [-0.25, -0.2) is 4.98 Å². The molecule has 7 heteroatoms. The first-order chi connectivity index (χ1) is 14.7. The number of fused-ring (bicyclic) bond motifs is 1. The Hall–Kier alpha value is -1.73. The van der Waals surface area contributed by atoms with Crippen molar-refractivity contribution in [2.24, 2.45) is 11.8 Å². The van der Waals surface area contributed by atoms with E-state index >= 15 is 0 Å². The Morgan fingerprint density at radius 1 is 1.10 bits per heavy atom. The normalized spacial score (nSPS) is 28.1. The summed E-state index contributed by atoms with van der Waals surface area (Å²) in [5.41, 5.74) is 1.77. The van der Waals surface area contributed by atoms with Gasteiger partial charge in [0.15, 0.2) is 0 Å². The van der Waals surface area contributed by atoms with Gasteiger partial charge in [-0.05, 0) is 38.0 Å². The van der Waals surface area contributed by atoms with Gasteiger partial charge in [-0.15, -0.1) is 0 Å². The Labute approximate surface area is 178 Å². The Kier molecular flexibility index (Phi) is 5.92. The Bertz CT molecular complexity index is 826. The van der Waals surface area contributed by atoms with Gasteiger partial charge in [-0.1, -0.05) is 19.3 Å². The van der Waals surface area contributed by atoms with Crippen LogP contribution < -0.4 is 5.56 Å². The molecular weight excluding hydrogens is 380 g/mol. The quantitative estimate of drug-likeness (QED) is 0.819. The summed E-state index contributed by atoms with van der Waals surface area (Å²) in [6.07, 6.45) is 10.2. The number of aromatic amines is 1. The van der Waals surface area contributed by atoms with E-state index in [4.69, 9.17) is 9.72 Å². The second-order valence-electron chi connectivity index (χ2n) is 9.62. The molecule has 2 atom stereocenters. The molecule has 0 aromatic carbocycles. The average molecular weight is 415 g/mol. The first-order valence-electron chi connectivity index (χ1n) is 11.9. The van der Waals surface area contributed by atoms with Gasteiger partial charge in [0.25, 0.3) is 5.56 Å². The summed E-state index contributed by atoms with van der Waals surface area (Å²) in [5, 5.41) is 0. The van der Waals surface area contributed by atoms with E-state index in [-0.39, 0.29) is 23.4 Å². The third kappa shape index (κ3) is 4.06. The van der Waals surface area contributed by atoms with Crippen LogP contribution in [0.25, 0.3) is 0 Å². The highest BCUT2D eigenvalue weighted by Crippen LogP contribution is 2.33. The minimum absolute atomic E-state index is 0.00755. The van der Waals surface area contributed by atoms with E-state index in [1.54, 1.807) is 0 Å². The van der Waals surface area contributed by atoms with Gasteiger partial charge in [-0.2, -0.15) is 0 Å². The summed E-state index contributed by atoms with van der Waals surface area (Å²) in [7, 11) is 0. The summed E-state index contributed by atoms with van der Waals surface area (Å²) in [6, 6.07) is -0.101. The van der Waals surface area contributed by atoms with E-state index < -0.39 is 0 Å². The van der Waals surface area contributed by atoms with Gasteiger partial charge in [0, 0.05) is 39.2 Å². The van der Waals surface area contributed by atoms with Crippen molar-refractivity contribution in [3.8, 4) is 0 Å². The largest absolute Gasteiger partial charge is 0.381 e. The van der Waals surface area contributed by atoms with Crippen LogP contribution in [0.3, 0.4) is 0 Å². The molecule has 1 aliphatic carbocycles. The highest BCUT2D eigenvalue weighted by molar-refractivity contribution is 5.80. The number of H-pyrrole nitrogens is 1. The number of hydrogen-bond donors (Lipinski definition) is 1. The maximum atomic E-state index is 13.0. The standard InChI is InChI=1S/C23H34N4O3/c28-22-18-14-26(13-16-5-2-1-3-6-16)11-8-19(18)24-21(25-22)20-7-4-10-27(20)23(29)17-9-12-30-15-17/h16-17,20H,1-15H2,(H,24,25,28). The fourth-order valence-electron chi connectivity index (χ4n) is 5.83. The number of rotatable bonds is 4. The summed E-state index contributed by atoms with van der Waals surface area (Å²) in [5.74, 6) is 1.59. The molecule has 0 radical (unpaired) electrons. The van der Waals surface area contributed by atoms with E-state index in [0.29, 0.717) is 25.6 Å². The van der Waals surface area contributed by atoms with Crippen LogP contribution in [0.2, 0.25) is 0 Å². The van der Waals surface area contributed by atoms with Crippen LogP contribution in [0.15, 0.2) is 4.79 Å². The molecule has 2 saturated heterocycles. The fraction of sp³-hybridized carbons (Fsp3) is 0.783. The van der Waals surface area contributed by atoms with E-state index in [0.717, 1.165) is 62.5 Å². The molecular formula is C23H34N4O3. The topological polar surface area (TPSA) is 78.5 Å². The van der Waals surface area contributed by atoms with Gasteiger partial charge < -0.3 is 14.6 Å². The van der Waals surface area contributed by atoms with Gasteiger partial charge in [0.2, 0.25) is 5.91 Å². The molecule has 4 aliphatic rings. The Morgan fingerprint density at radius 2 is 1.97 bits per heavy atom. The molecule has 1 N–H and O–H groups in total. The molecule has 1 aromatic rings. The Balaban J connectivity index is 1.30. The summed E-state index contributed by atoms with van der Waals surface area (Å²) < 4.78 is 5.41. The lowest BCUT2D eigenvalue weighted by Crippen LogP contribution is -2.40. The minimum Gasteiger partial charge on any atom is -0.381 e. The highest BCUT2D eigenvalue weighted by Gasteiger charge is 2.37. The number of nitrogens with zero attached hydrogens (tertiary/aromatic N) is 3. The van der Waals surface area contributed by atoms with E-state index in [2.05, 4.69) is 9.88 Å². The lowest BCUT2D eigenvalue weighted by Gasteiger charge is -2.33. The molecule has 1 aromatic heterocycles. The molecule has 0 bridgehead atoms. The molecule has 7 nitrogen and oxygen atoms in total. The second kappa shape index (κ2) is 8.79. The van der Waals surface area contributed by atoms with Crippen molar-refractivity contribution >= 4 is 5.91 Å². The number of hydrogen-bond acceptors (Lipinski definition) is 5. The average Bonchev–Trinajstić information content (AvgIpc) is 3.47. The van der Waals surface area contributed by atoms with Gasteiger partial charge in [-0.3, -0.25) is 14.5 Å². The number of amides is 1. The molecule has 1 saturated carbocycles. The number of likely N-dealkylation sites (tertiary alicyclic amines) is 1. The number of nitrogens with one attached hydrogen (secondary N) is 1. The van der Waals surface area contributed by atoms with Crippen LogP contribution in [-0.4, -0.2) is 58.5 Å². The molecule has 4 heterocycles. The Morgan fingerprint density at radius 3 is 2.77 bits per heavy atom. The highest BCUT2D eigenvalue weighted by atomic mass is 16.5. The van der Waals surface area contributed by atoms with Crippen LogP contribution in [-0.2, 0) is 22.5 Å². The maximum Gasteiger partial charge on any atom is 0.255 e. The molecule has 164 valence electrons. The number of aromatic nitrogens is 2. The lowest BCUT2D eigenvalue weighted by molar-refractivity contribution is -0.136. The van der Waals surface area contributed by atoms with Crippen molar-refractivity contribution in [3.63, 3.8) is 0 Å². The van der Waals surface area contributed by atoms with Crippen LogP contribution in [0, 0.1) is 11.8 Å². The van der Waals surface area contributed by atoms with Gasteiger partial charge in [0.05, 0.1) is 29.8 Å². The third-order valence-corrected chi connectivity index (χ3v) is 7.54. The van der Waals surface area contributed by atoms with Crippen molar-refractivity contribution in [1.82, 2.24) is 19.8 Å². The molecule has 5 rings (SSSR count). The summed E-state index contributed by atoms with van der Waals surface area (Å²) in [6.45, 7) is 4.73. The van der Waals surface area contributed by atoms with Crippen molar-refractivity contribution in [1.29, 1.82) is 0 Å². The van der Waals surface area contributed by atoms with Crippen molar-refractivity contribution in [3.05, 3.63) is 27.4 Å². The zero-order valence-electron chi connectivity index (χ0n) is 17.9. The number of carbonyl (C=O) groups is 1. The predicted molar refractivity (Wildman–Crippen MR) is 113 cm³/mol. The zero-order valence-corrected chi connectivity index (χ0v) is 17.9. The number of ether oxygens (including phenoxy) is 1. The van der Waals surface area contributed by atoms with Crippen molar-refractivity contribution in [2.75, 3.05) is 32.8 Å². The second-order valence-corrected chi connectivity index (χ2v) is 9.62. The summed E-state index contributed by atoms with van der Waals surface area (Å²) in [4.78, 5) is 38.2. The maximum absolute atomic E-state index is 13.0. The van der Waals surface area contributed by atoms with Crippen molar-refractivity contribution in [2.45, 2.75) is 70.4 Å². The molecule has 3 fully saturated rings. The molecule has 1 amide bonds. The SMILES string of the molecule is O=C(C1CCOC1)N1CCCC1c1nc2c(c(=O)[nH]1)CN(CC1CCCCC1)CC2. The first-order valence-corrected chi connectivity index (χ1v) is 11.9. The van der Waals surface area contributed by atoms with Gasteiger partial charge >= 0.3 is 0 Å². The van der Waals surface area contributed by atoms with Crippen molar-refractivity contribution < 1.29 is 9.53 Å². The molecule has 2 unspecified atom stereocenters. The molecule has 3 aliphatic heterocycles. The first kappa shape index (κ1) is 20.2. The minimum atomic E-state index is -0.101. The van der Waals surface area contributed by atoms with Crippen LogP contribution in [0.5, 0.6) is 0 Å². The van der Waals surface area contributed by atoms with E-state index in [1.165, 1.54) is 32.1 Å². The fourth-order valence-corrected chi connectivity index (χ4v) is 5.83. The third-order valence-electron chi connectivity index (χ3n) is 7.54. The van der Waals surface area contributed by atoms with Crippen LogP contribution in [0.1, 0.15) is 74.5 Å². The molecule has 0 spiro atoms. The smallest absolute Gasteiger partial charge is 0.255 e. The number of carbonyl (C=O) groups excluding carboxylic acids is 1. The lowest BCUT2D eigenvalue weighted by atomic mass is 9.88. The molecule has 30 heavy (non-hydrogen) atoms. The van der Waals surface area contributed by atoms with Gasteiger partial charge in [0.1, 0.15) is 5.82 Å². The summed E-state index contributed by atoms with van der Waals surface area (Å²) >= 11 is 0.